The van der Waals surface area contributed by atoms with Gasteiger partial charge in [0.2, 0.25) is 5.91 Å². The van der Waals surface area contributed by atoms with E-state index in [1.807, 2.05) is 12.1 Å². The molecule has 0 bridgehead atoms. The number of hydrogen-bond acceptors (Lipinski definition) is 2. The number of benzene rings is 1. The number of hydrogen-bond donors (Lipinski definition) is 0. The first-order valence-corrected chi connectivity index (χ1v) is 6.49. The van der Waals surface area contributed by atoms with Crippen LogP contribution >= 0.6 is 15.9 Å². The highest BCUT2D eigenvalue weighted by Crippen LogP contribution is 2.12. The van der Waals surface area contributed by atoms with E-state index in [1.165, 1.54) is 6.92 Å². The predicted molar refractivity (Wildman–Crippen MR) is 75.5 cm³/mol. The summed E-state index contributed by atoms with van der Waals surface area (Å²) in [4.78, 5) is 24.8. The van der Waals surface area contributed by atoms with E-state index < -0.39 is 0 Å². The Bertz CT molecular complexity index is 440. The zero-order valence-electron chi connectivity index (χ0n) is 10.4. The molecule has 96 valence electrons. The molecule has 3 nitrogen and oxygen atoms in total. The van der Waals surface area contributed by atoms with E-state index in [2.05, 4.69) is 22.5 Å². The lowest BCUT2D eigenvalue weighted by Gasteiger charge is -2.18. The molecule has 1 aromatic carbocycles. The fourth-order valence-electron chi connectivity index (χ4n) is 1.55. The smallest absolute Gasteiger partial charge is 0.219 e. The average Bonchev–Trinajstić information content (AvgIpc) is 2.34. The fraction of sp³-hybridized carbons (Fsp3) is 0.286. The largest absolute Gasteiger partial charge is 0.339 e. The van der Waals surface area contributed by atoms with Crippen molar-refractivity contribution in [2.75, 3.05) is 13.1 Å². The van der Waals surface area contributed by atoms with Crippen LogP contribution in [-0.2, 0) is 4.79 Å². The van der Waals surface area contributed by atoms with Crippen LogP contribution < -0.4 is 0 Å². The summed E-state index contributed by atoms with van der Waals surface area (Å²) in [6.07, 6.45) is 1.99. The minimum Gasteiger partial charge on any atom is -0.339 e. The van der Waals surface area contributed by atoms with Crippen LogP contribution in [0.15, 0.2) is 41.4 Å². The van der Waals surface area contributed by atoms with Crippen molar-refractivity contribution >= 4 is 27.6 Å². The van der Waals surface area contributed by atoms with Gasteiger partial charge in [0.05, 0.1) is 0 Å². The topological polar surface area (TPSA) is 37.4 Å². The molecule has 0 N–H and O–H groups in total. The van der Waals surface area contributed by atoms with E-state index in [0.717, 1.165) is 4.47 Å². The first kappa shape index (κ1) is 14.6. The zero-order valence-corrected chi connectivity index (χ0v) is 11.9. The Labute approximate surface area is 116 Å². The number of Topliss-reactive ketones (excluding diaryl/α,β-unsaturated/α-hetero) is 1. The number of nitrogens with zero attached hydrogens (tertiary/aromatic N) is 1. The van der Waals surface area contributed by atoms with E-state index in [1.54, 1.807) is 23.1 Å². The molecular weight excluding hydrogens is 294 g/mol. The van der Waals surface area contributed by atoms with Crippen molar-refractivity contribution in [2.45, 2.75) is 13.3 Å². The predicted octanol–water partition coefficient (Wildman–Crippen LogP) is 3.06. The third kappa shape index (κ3) is 4.45. The highest BCUT2D eigenvalue weighted by Gasteiger charge is 2.11. The molecule has 0 heterocycles. The minimum atomic E-state index is -0.0430. The van der Waals surface area contributed by atoms with E-state index in [-0.39, 0.29) is 11.7 Å². The van der Waals surface area contributed by atoms with Crippen LogP contribution in [0, 0.1) is 0 Å². The van der Waals surface area contributed by atoms with Crippen molar-refractivity contribution in [3.8, 4) is 0 Å². The molecular formula is C14H16BrNO2. The van der Waals surface area contributed by atoms with Crippen molar-refractivity contribution < 1.29 is 9.59 Å². The van der Waals surface area contributed by atoms with Gasteiger partial charge in [-0.2, -0.15) is 0 Å². The Kier molecular flexibility index (Phi) is 5.78. The highest BCUT2D eigenvalue weighted by atomic mass is 79.9. The van der Waals surface area contributed by atoms with Gasteiger partial charge in [-0.25, -0.2) is 0 Å². The number of carbonyl (C=O) groups excluding carboxylic acids is 2. The summed E-state index contributed by atoms with van der Waals surface area (Å²) in [6.45, 7) is 5.99. The van der Waals surface area contributed by atoms with E-state index in [0.29, 0.717) is 25.1 Å². The Morgan fingerprint density at radius 1 is 1.33 bits per heavy atom. The maximum Gasteiger partial charge on any atom is 0.219 e. The normalized spacial score (nSPS) is 9.89. The van der Waals surface area contributed by atoms with E-state index in [9.17, 15) is 9.59 Å². The average molecular weight is 310 g/mol. The van der Waals surface area contributed by atoms with Crippen LogP contribution in [0.2, 0.25) is 0 Å². The number of amides is 1. The molecule has 0 aliphatic rings. The van der Waals surface area contributed by atoms with Crippen molar-refractivity contribution in [3.05, 3.63) is 47.0 Å². The number of rotatable bonds is 6. The second kappa shape index (κ2) is 7.11. The molecule has 1 amide bonds. The zero-order chi connectivity index (χ0) is 13.5. The Morgan fingerprint density at radius 3 is 2.44 bits per heavy atom. The van der Waals surface area contributed by atoms with Crippen LogP contribution in [0.5, 0.6) is 0 Å². The van der Waals surface area contributed by atoms with Crippen LogP contribution in [0.25, 0.3) is 0 Å². The van der Waals surface area contributed by atoms with E-state index >= 15 is 0 Å². The summed E-state index contributed by atoms with van der Waals surface area (Å²) in [6, 6.07) is 7.22. The Morgan fingerprint density at radius 2 is 1.94 bits per heavy atom. The quantitative estimate of drug-likeness (QED) is 0.598. The Balaban J connectivity index is 2.57. The molecule has 4 heteroatoms. The van der Waals surface area contributed by atoms with Gasteiger partial charge in [0.1, 0.15) is 0 Å². The lowest BCUT2D eigenvalue weighted by molar-refractivity contribution is -0.128. The second-order valence-corrected chi connectivity index (χ2v) is 4.85. The minimum absolute atomic E-state index is 0.0396. The molecule has 1 aromatic rings. The van der Waals surface area contributed by atoms with Gasteiger partial charge in [0.15, 0.2) is 5.78 Å². The van der Waals surface area contributed by atoms with E-state index in [4.69, 9.17) is 0 Å². The summed E-state index contributed by atoms with van der Waals surface area (Å²) < 4.78 is 0.941. The molecule has 0 saturated carbocycles. The first-order valence-electron chi connectivity index (χ1n) is 5.69. The fourth-order valence-corrected chi connectivity index (χ4v) is 1.81. The van der Waals surface area contributed by atoms with Gasteiger partial charge in [-0.3, -0.25) is 9.59 Å². The molecule has 0 saturated heterocycles. The van der Waals surface area contributed by atoms with Gasteiger partial charge in [-0.05, 0) is 12.1 Å². The summed E-state index contributed by atoms with van der Waals surface area (Å²) in [5.41, 5.74) is 0.667. The molecule has 0 atom stereocenters. The van der Waals surface area contributed by atoms with Crippen LogP contribution in [0.1, 0.15) is 23.7 Å². The first-order chi connectivity index (χ1) is 8.54. The highest BCUT2D eigenvalue weighted by molar-refractivity contribution is 9.10. The molecule has 0 radical (unpaired) electrons. The summed E-state index contributed by atoms with van der Waals surface area (Å²) in [5, 5.41) is 0. The van der Waals surface area contributed by atoms with Crippen LogP contribution in [0.3, 0.4) is 0 Å². The van der Waals surface area contributed by atoms with Crippen molar-refractivity contribution in [3.63, 3.8) is 0 Å². The van der Waals surface area contributed by atoms with Crippen LogP contribution in [0.4, 0.5) is 0 Å². The molecule has 0 unspecified atom stereocenters. The molecule has 0 aromatic heterocycles. The van der Waals surface area contributed by atoms with Gasteiger partial charge in [0.25, 0.3) is 0 Å². The summed E-state index contributed by atoms with van der Waals surface area (Å²) >= 11 is 3.32. The standard InChI is InChI=1S/C14H16BrNO2/c1-3-9-16(11(2)17)10-8-14(18)12-4-6-13(15)7-5-12/h3-7H,1,8-10H2,2H3. The summed E-state index contributed by atoms with van der Waals surface area (Å²) in [5.74, 6) is -0.00341. The monoisotopic (exact) mass is 309 g/mol. The van der Waals surface area contributed by atoms with Gasteiger partial charge in [0, 0.05) is 36.5 Å². The van der Waals surface area contributed by atoms with Gasteiger partial charge >= 0.3 is 0 Å². The molecule has 18 heavy (non-hydrogen) atoms. The molecule has 1 rings (SSSR count). The molecule has 0 aliphatic heterocycles. The molecule has 0 spiro atoms. The van der Waals surface area contributed by atoms with Crippen molar-refractivity contribution in [1.82, 2.24) is 4.90 Å². The molecule has 0 fully saturated rings. The number of carbonyl (C=O) groups is 2. The maximum atomic E-state index is 11.9. The Hall–Kier alpha value is -1.42. The second-order valence-electron chi connectivity index (χ2n) is 3.93. The number of halogens is 1. The number of ketones is 1. The van der Waals surface area contributed by atoms with Crippen LogP contribution in [-0.4, -0.2) is 29.7 Å². The lowest BCUT2D eigenvalue weighted by Crippen LogP contribution is -2.31. The van der Waals surface area contributed by atoms with Crippen molar-refractivity contribution in [2.24, 2.45) is 0 Å². The lowest BCUT2D eigenvalue weighted by atomic mass is 10.1. The molecule has 0 aliphatic carbocycles. The summed E-state index contributed by atoms with van der Waals surface area (Å²) in [7, 11) is 0. The third-order valence-electron chi connectivity index (χ3n) is 2.57. The van der Waals surface area contributed by atoms with Gasteiger partial charge in [-0.1, -0.05) is 34.1 Å². The SMILES string of the molecule is C=CCN(CCC(=O)c1ccc(Br)cc1)C(C)=O. The van der Waals surface area contributed by atoms with Gasteiger partial charge < -0.3 is 4.90 Å². The van der Waals surface area contributed by atoms with Gasteiger partial charge in [-0.15, -0.1) is 6.58 Å². The third-order valence-corrected chi connectivity index (χ3v) is 3.10. The van der Waals surface area contributed by atoms with Crippen molar-refractivity contribution in [1.29, 1.82) is 0 Å². The maximum absolute atomic E-state index is 11.9.